The van der Waals surface area contributed by atoms with Crippen molar-refractivity contribution in [2.45, 2.75) is 24.8 Å². The minimum absolute atomic E-state index is 0.102. The molecule has 0 fully saturated rings. The number of rotatable bonds is 3. The summed E-state index contributed by atoms with van der Waals surface area (Å²) in [5.74, 6) is 1.82. The van der Waals surface area contributed by atoms with Gasteiger partial charge in [0.15, 0.2) is 5.78 Å². The zero-order chi connectivity index (χ0) is 22.5. The molecule has 6 rings (SSSR count). The first kappa shape index (κ1) is 20.1. The number of hydrogen-bond donors (Lipinski definition) is 1. The lowest BCUT2D eigenvalue weighted by atomic mass is 9.77. The van der Waals surface area contributed by atoms with Gasteiger partial charge in [-0.3, -0.25) is 9.36 Å². The first-order chi connectivity index (χ1) is 16.1. The van der Waals surface area contributed by atoms with Gasteiger partial charge in [-0.1, -0.05) is 48.0 Å². The second-order valence-electron chi connectivity index (χ2n) is 8.57. The molecule has 1 aliphatic carbocycles. The van der Waals surface area contributed by atoms with Crippen molar-refractivity contribution in [2.75, 3.05) is 12.4 Å². The first-order valence-electron chi connectivity index (χ1n) is 11.0. The third-order valence-electron chi connectivity index (χ3n) is 6.65. The molecule has 0 unspecified atom stereocenters. The van der Waals surface area contributed by atoms with Crippen LogP contribution in [0.5, 0.6) is 5.75 Å². The van der Waals surface area contributed by atoms with E-state index in [0.29, 0.717) is 11.4 Å². The fourth-order valence-electron chi connectivity index (χ4n) is 5.13. The number of carbonyl (C=O) groups excluding carboxylic acids is 1. The van der Waals surface area contributed by atoms with E-state index >= 15 is 0 Å². The van der Waals surface area contributed by atoms with Gasteiger partial charge in [-0.25, -0.2) is 4.98 Å². The molecule has 0 bridgehead atoms. The quantitative estimate of drug-likeness (QED) is 0.404. The predicted octanol–water partition coefficient (Wildman–Crippen LogP) is 6.11. The number of Topliss-reactive ketones (excluding diaryl/α,β-unsaturated/α-hetero) is 1. The minimum Gasteiger partial charge on any atom is -0.497 e. The summed E-state index contributed by atoms with van der Waals surface area (Å²) in [4.78, 5) is 18.5. The summed E-state index contributed by atoms with van der Waals surface area (Å²) >= 11 is 6.37. The molecule has 0 radical (unpaired) electrons. The van der Waals surface area contributed by atoms with E-state index in [9.17, 15) is 4.79 Å². The lowest BCUT2D eigenvalue weighted by Crippen LogP contribution is -2.33. The van der Waals surface area contributed by atoms with Gasteiger partial charge >= 0.3 is 0 Å². The number of anilines is 1. The fraction of sp³-hybridized carbons (Fsp3) is 0.185. The third kappa shape index (κ3) is 3.31. The number of benzene rings is 3. The number of allylic oxidation sites excluding steroid dienone is 2. The highest BCUT2D eigenvalue weighted by Gasteiger charge is 2.39. The number of aromatic nitrogens is 2. The molecule has 1 aromatic heterocycles. The monoisotopic (exact) mass is 455 g/mol. The summed E-state index contributed by atoms with van der Waals surface area (Å²) in [5.41, 5.74) is 5.75. The Kier molecular flexibility index (Phi) is 4.73. The molecule has 2 aliphatic rings. The van der Waals surface area contributed by atoms with Crippen molar-refractivity contribution in [2.24, 2.45) is 0 Å². The Bertz CT molecular complexity index is 1420. The molecule has 0 saturated carbocycles. The van der Waals surface area contributed by atoms with Gasteiger partial charge in [0.2, 0.25) is 5.95 Å². The Balaban J connectivity index is 1.49. The number of nitrogens with one attached hydrogen (secondary N) is 1. The maximum atomic E-state index is 13.7. The van der Waals surface area contributed by atoms with Gasteiger partial charge in [0.1, 0.15) is 5.75 Å². The van der Waals surface area contributed by atoms with Gasteiger partial charge in [-0.15, -0.1) is 0 Å². The second-order valence-corrected chi connectivity index (χ2v) is 9.01. The van der Waals surface area contributed by atoms with Crippen LogP contribution in [0.3, 0.4) is 0 Å². The largest absolute Gasteiger partial charge is 0.497 e. The number of fused-ring (bicyclic) bond motifs is 3. The van der Waals surface area contributed by atoms with Crippen LogP contribution in [0.1, 0.15) is 35.9 Å². The van der Waals surface area contributed by atoms with Crippen LogP contribution in [-0.2, 0) is 4.79 Å². The SMILES string of the molecule is COc1ccc([C@H]2CC(=O)C3=C(C2)Nc2nc4ccccc4n2[C@H]3c2cccc(Cl)c2)cc1. The van der Waals surface area contributed by atoms with E-state index < -0.39 is 0 Å². The maximum absolute atomic E-state index is 13.7. The molecule has 0 saturated heterocycles. The average molecular weight is 456 g/mol. The van der Waals surface area contributed by atoms with E-state index in [4.69, 9.17) is 21.3 Å². The molecular weight excluding hydrogens is 434 g/mol. The number of nitrogens with zero attached hydrogens (tertiary/aromatic N) is 2. The van der Waals surface area contributed by atoms with Crippen LogP contribution in [0.2, 0.25) is 5.02 Å². The summed E-state index contributed by atoms with van der Waals surface area (Å²) < 4.78 is 7.42. The molecule has 164 valence electrons. The fourth-order valence-corrected chi connectivity index (χ4v) is 5.33. The van der Waals surface area contributed by atoms with Crippen LogP contribution >= 0.6 is 11.6 Å². The van der Waals surface area contributed by atoms with Gasteiger partial charge in [-0.2, -0.15) is 0 Å². The van der Waals surface area contributed by atoms with E-state index in [1.54, 1.807) is 7.11 Å². The van der Waals surface area contributed by atoms with Gasteiger partial charge in [0, 0.05) is 22.7 Å². The number of ether oxygens (including phenoxy) is 1. The lowest BCUT2D eigenvalue weighted by molar-refractivity contribution is -0.116. The second kappa shape index (κ2) is 7.78. The summed E-state index contributed by atoms with van der Waals surface area (Å²) in [5, 5.41) is 4.16. The molecular formula is C27H22ClN3O2. The molecule has 5 nitrogen and oxygen atoms in total. The van der Waals surface area contributed by atoms with Gasteiger partial charge < -0.3 is 10.1 Å². The smallest absolute Gasteiger partial charge is 0.209 e. The van der Waals surface area contributed by atoms with Gasteiger partial charge in [0.25, 0.3) is 0 Å². The number of methoxy groups -OCH3 is 1. The van der Waals surface area contributed by atoms with E-state index in [1.165, 1.54) is 0 Å². The van der Waals surface area contributed by atoms with E-state index in [0.717, 1.165) is 51.5 Å². The van der Waals surface area contributed by atoms with E-state index in [2.05, 4.69) is 22.0 Å². The molecule has 0 amide bonds. The minimum atomic E-state index is -0.272. The predicted molar refractivity (Wildman–Crippen MR) is 130 cm³/mol. The Hall–Kier alpha value is -3.57. The summed E-state index contributed by atoms with van der Waals surface area (Å²) in [7, 11) is 1.66. The highest BCUT2D eigenvalue weighted by molar-refractivity contribution is 6.30. The van der Waals surface area contributed by atoms with Crippen molar-refractivity contribution in [3.63, 3.8) is 0 Å². The molecule has 3 aromatic carbocycles. The highest BCUT2D eigenvalue weighted by Crippen LogP contribution is 2.46. The maximum Gasteiger partial charge on any atom is 0.209 e. The molecule has 4 aromatic rings. The summed E-state index contributed by atoms with van der Waals surface area (Å²) in [6.45, 7) is 0. The Morgan fingerprint density at radius 3 is 2.61 bits per heavy atom. The number of ketones is 1. The van der Waals surface area contributed by atoms with Crippen LogP contribution in [0.4, 0.5) is 5.95 Å². The van der Waals surface area contributed by atoms with Crippen LogP contribution in [0.15, 0.2) is 84.1 Å². The van der Waals surface area contributed by atoms with Crippen LogP contribution in [-0.4, -0.2) is 22.4 Å². The van der Waals surface area contributed by atoms with E-state index in [-0.39, 0.29) is 17.7 Å². The summed E-state index contributed by atoms with van der Waals surface area (Å²) in [6, 6.07) is 23.5. The molecule has 0 spiro atoms. The Morgan fingerprint density at radius 2 is 1.82 bits per heavy atom. The number of halogens is 1. The zero-order valence-corrected chi connectivity index (χ0v) is 18.8. The van der Waals surface area contributed by atoms with Gasteiger partial charge in [0.05, 0.1) is 24.2 Å². The van der Waals surface area contributed by atoms with Crippen LogP contribution < -0.4 is 10.1 Å². The topological polar surface area (TPSA) is 56.1 Å². The standard InChI is InChI=1S/C27H22ClN3O2/c1-33-20-11-9-16(10-12-20)18-14-22-25(24(32)15-18)26(17-5-4-6-19(28)13-17)31-23-8-3-2-7-21(23)29-27(31)30-22/h2-13,18,26H,14-15H2,1H3,(H,29,30)/t18-,26+/m1/s1. The molecule has 33 heavy (non-hydrogen) atoms. The highest BCUT2D eigenvalue weighted by atomic mass is 35.5. The molecule has 1 N–H and O–H groups in total. The normalized spacial score (nSPS) is 19.8. The molecule has 6 heteroatoms. The number of para-hydroxylation sites is 2. The first-order valence-corrected chi connectivity index (χ1v) is 11.4. The van der Waals surface area contributed by atoms with Crippen molar-refractivity contribution in [3.8, 4) is 5.75 Å². The number of hydrogen-bond acceptors (Lipinski definition) is 4. The zero-order valence-electron chi connectivity index (χ0n) is 18.1. The lowest BCUT2D eigenvalue weighted by Gasteiger charge is -2.36. The van der Waals surface area contributed by atoms with E-state index in [1.807, 2.05) is 60.7 Å². The Morgan fingerprint density at radius 1 is 1.00 bits per heavy atom. The van der Waals surface area contributed by atoms with Crippen LogP contribution in [0.25, 0.3) is 11.0 Å². The number of imidazole rings is 1. The molecule has 2 heterocycles. The third-order valence-corrected chi connectivity index (χ3v) is 6.88. The van der Waals surface area contributed by atoms with Crippen molar-refractivity contribution in [1.82, 2.24) is 9.55 Å². The van der Waals surface area contributed by atoms with Crippen LogP contribution in [0, 0.1) is 0 Å². The van der Waals surface area contributed by atoms with Gasteiger partial charge in [-0.05, 0) is 59.9 Å². The Labute approximate surface area is 196 Å². The molecule has 2 atom stereocenters. The summed E-state index contributed by atoms with van der Waals surface area (Å²) in [6.07, 6.45) is 1.21. The van der Waals surface area contributed by atoms with Crippen molar-refractivity contribution < 1.29 is 9.53 Å². The van der Waals surface area contributed by atoms with Crippen molar-refractivity contribution in [3.05, 3.63) is 100 Å². The average Bonchev–Trinajstić information content (AvgIpc) is 3.20. The van der Waals surface area contributed by atoms with Crippen molar-refractivity contribution >= 4 is 34.4 Å². The van der Waals surface area contributed by atoms with Crippen molar-refractivity contribution in [1.29, 1.82) is 0 Å². The number of carbonyl (C=O) groups is 1. The molecule has 1 aliphatic heterocycles.